The van der Waals surface area contributed by atoms with Crippen LogP contribution in [0.15, 0.2) is 24.3 Å². The molecule has 0 aliphatic carbocycles. The van der Waals surface area contributed by atoms with E-state index in [-0.39, 0.29) is 11.9 Å². The van der Waals surface area contributed by atoms with Gasteiger partial charge in [-0.1, -0.05) is 12.1 Å². The average Bonchev–Trinajstić information content (AvgIpc) is 2.37. The van der Waals surface area contributed by atoms with Crippen molar-refractivity contribution in [3.63, 3.8) is 0 Å². The van der Waals surface area contributed by atoms with E-state index in [0.717, 1.165) is 6.08 Å². The van der Waals surface area contributed by atoms with Crippen molar-refractivity contribution in [2.75, 3.05) is 24.7 Å². The number of nitrogens with zero attached hydrogens (tertiary/aromatic N) is 1. The van der Waals surface area contributed by atoms with E-state index in [9.17, 15) is 9.18 Å². The lowest BCUT2D eigenvalue weighted by molar-refractivity contribution is -0.131. The summed E-state index contributed by atoms with van der Waals surface area (Å²) in [4.78, 5) is 12.5. The Morgan fingerprint density at radius 2 is 2.37 bits per heavy atom. The van der Waals surface area contributed by atoms with E-state index in [1.807, 2.05) is 11.8 Å². The minimum absolute atomic E-state index is 0.0580. The summed E-state index contributed by atoms with van der Waals surface area (Å²) in [5.41, 5.74) is 1.01. The highest BCUT2D eigenvalue weighted by Crippen LogP contribution is 2.28. The lowest BCUT2D eigenvalue weighted by Gasteiger charge is -2.36. The van der Waals surface area contributed by atoms with Crippen LogP contribution >= 0.6 is 0 Å². The molecule has 0 amide bonds. The van der Waals surface area contributed by atoms with Crippen LogP contribution in [0.5, 0.6) is 0 Å². The molecule has 1 fully saturated rings. The Morgan fingerprint density at radius 3 is 3.05 bits per heavy atom. The van der Waals surface area contributed by atoms with Crippen LogP contribution in [0, 0.1) is 5.82 Å². The van der Waals surface area contributed by atoms with Gasteiger partial charge in [0.15, 0.2) is 0 Å². The number of morpholine rings is 1. The molecule has 0 bridgehead atoms. The Kier molecular flexibility index (Phi) is 4.16. The minimum atomic E-state index is -1.05. The third kappa shape index (κ3) is 3.12. The second kappa shape index (κ2) is 5.84. The monoisotopic (exact) mass is 265 g/mol. The van der Waals surface area contributed by atoms with Gasteiger partial charge in [-0.25, -0.2) is 9.18 Å². The Hall–Kier alpha value is -1.88. The van der Waals surface area contributed by atoms with Gasteiger partial charge in [0.1, 0.15) is 5.82 Å². The van der Waals surface area contributed by atoms with Gasteiger partial charge in [0.25, 0.3) is 0 Å². The molecule has 1 aromatic rings. The first-order valence-electron chi connectivity index (χ1n) is 6.13. The number of anilines is 1. The number of ether oxygens (including phenoxy) is 1. The van der Waals surface area contributed by atoms with E-state index < -0.39 is 5.97 Å². The van der Waals surface area contributed by atoms with Gasteiger partial charge >= 0.3 is 5.97 Å². The maximum atomic E-state index is 14.1. The van der Waals surface area contributed by atoms with Crippen molar-refractivity contribution in [1.29, 1.82) is 0 Å². The van der Waals surface area contributed by atoms with Gasteiger partial charge in [0, 0.05) is 24.2 Å². The van der Waals surface area contributed by atoms with Crippen LogP contribution in [-0.2, 0) is 9.53 Å². The van der Waals surface area contributed by atoms with E-state index >= 15 is 0 Å². The first-order chi connectivity index (χ1) is 9.09. The van der Waals surface area contributed by atoms with E-state index in [2.05, 4.69) is 0 Å². The molecule has 0 aromatic heterocycles. The topological polar surface area (TPSA) is 49.8 Å². The zero-order chi connectivity index (χ0) is 13.8. The number of carbonyl (C=O) groups is 1. The molecule has 1 heterocycles. The fourth-order valence-electron chi connectivity index (χ4n) is 2.19. The van der Waals surface area contributed by atoms with E-state index in [1.165, 1.54) is 12.1 Å². The van der Waals surface area contributed by atoms with Crippen molar-refractivity contribution in [2.24, 2.45) is 0 Å². The maximum Gasteiger partial charge on any atom is 0.328 e. The molecule has 1 aliphatic heterocycles. The van der Waals surface area contributed by atoms with E-state index in [1.54, 1.807) is 12.1 Å². The molecule has 0 radical (unpaired) electrons. The standard InChI is InChI=1S/C14H16FNO3/c1-10-9-19-8-7-16(10)14-11(5-6-13(17)18)3-2-4-12(14)15/h2-6,10H,7-9H2,1H3,(H,17,18)/b6-5+. The summed E-state index contributed by atoms with van der Waals surface area (Å²) in [6.45, 7) is 3.63. The molecular weight excluding hydrogens is 249 g/mol. The minimum Gasteiger partial charge on any atom is -0.478 e. The summed E-state index contributed by atoms with van der Waals surface area (Å²) < 4.78 is 19.4. The first-order valence-corrected chi connectivity index (χ1v) is 6.13. The molecule has 102 valence electrons. The summed E-state index contributed by atoms with van der Waals surface area (Å²) >= 11 is 0. The van der Waals surface area contributed by atoms with Crippen LogP contribution < -0.4 is 4.90 Å². The molecule has 1 aliphatic rings. The molecule has 4 nitrogen and oxygen atoms in total. The molecule has 19 heavy (non-hydrogen) atoms. The molecular formula is C14H16FNO3. The summed E-state index contributed by atoms with van der Waals surface area (Å²) in [6.07, 6.45) is 2.44. The molecule has 2 rings (SSSR count). The summed E-state index contributed by atoms with van der Waals surface area (Å²) in [6, 6.07) is 4.73. The van der Waals surface area contributed by atoms with Gasteiger partial charge < -0.3 is 14.7 Å². The predicted octanol–water partition coefficient (Wildman–Crippen LogP) is 2.15. The zero-order valence-corrected chi connectivity index (χ0v) is 10.7. The fourth-order valence-corrected chi connectivity index (χ4v) is 2.19. The van der Waals surface area contributed by atoms with E-state index in [0.29, 0.717) is 31.0 Å². The van der Waals surface area contributed by atoms with Crippen LogP contribution in [-0.4, -0.2) is 36.9 Å². The molecule has 5 heteroatoms. The van der Waals surface area contributed by atoms with E-state index in [4.69, 9.17) is 9.84 Å². The molecule has 0 saturated carbocycles. The van der Waals surface area contributed by atoms with Crippen molar-refractivity contribution in [3.8, 4) is 0 Å². The average molecular weight is 265 g/mol. The Labute approximate surface area is 111 Å². The van der Waals surface area contributed by atoms with Gasteiger partial charge in [-0.15, -0.1) is 0 Å². The van der Waals surface area contributed by atoms with Crippen molar-refractivity contribution < 1.29 is 19.0 Å². The summed E-state index contributed by atoms with van der Waals surface area (Å²) in [5, 5.41) is 8.68. The molecule has 1 unspecified atom stereocenters. The second-order valence-corrected chi connectivity index (χ2v) is 4.47. The van der Waals surface area contributed by atoms with Crippen molar-refractivity contribution in [2.45, 2.75) is 13.0 Å². The number of hydrogen-bond acceptors (Lipinski definition) is 3. The van der Waals surface area contributed by atoms with Gasteiger partial charge in [-0.2, -0.15) is 0 Å². The lowest BCUT2D eigenvalue weighted by atomic mass is 10.1. The first kappa shape index (κ1) is 13.5. The predicted molar refractivity (Wildman–Crippen MR) is 70.7 cm³/mol. The SMILES string of the molecule is CC1COCCN1c1c(F)cccc1/C=C/C(=O)O. The number of aliphatic carboxylic acids is 1. The van der Waals surface area contributed by atoms with Gasteiger partial charge in [0.2, 0.25) is 0 Å². The van der Waals surface area contributed by atoms with Crippen LogP contribution in [0.3, 0.4) is 0 Å². The van der Waals surface area contributed by atoms with Crippen molar-refractivity contribution in [3.05, 3.63) is 35.7 Å². The molecule has 0 spiro atoms. The Balaban J connectivity index is 2.39. The van der Waals surface area contributed by atoms with Crippen molar-refractivity contribution in [1.82, 2.24) is 0 Å². The third-order valence-electron chi connectivity index (χ3n) is 3.08. The second-order valence-electron chi connectivity index (χ2n) is 4.47. The molecule has 1 N–H and O–H groups in total. The van der Waals surface area contributed by atoms with Gasteiger partial charge in [0.05, 0.1) is 18.9 Å². The normalized spacial score (nSPS) is 19.9. The Bertz CT molecular complexity index is 501. The highest BCUT2D eigenvalue weighted by atomic mass is 19.1. The number of rotatable bonds is 3. The number of carboxylic acids is 1. The van der Waals surface area contributed by atoms with Crippen LogP contribution in [0.2, 0.25) is 0 Å². The maximum absolute atomic E-state index is 14.1. The van der Waals surface area contributed by atoms with Crippen LogP contribution in [0.1, 0.15) is 12.5 Å². The number of para-hydroxylation sites is 1. The largest absolute Gasteiger partial charge is 0.478 e. The number of carboxylic acid groups (broad SMARTS) is 1. The fraction of sp³-hybridized carbons (Fsp3) is 0.357. The highest BCUT2D eigenvalue weighted by molar-refractivity contribution is 5.87. The van der Waals surface area contributed by atoms with Crippen LogP contribution in [0.25, 0.3) is 6.08 Å². The number of halogens is 1. The quantitative estimate of drug-likeness (QED) is 0.851. The summed E-state index contributed by atoms with van der Waals surface area (Å²) in [7, 11) is 0. The number of benzene rings is 1. The highest BCUT2D eigenvalue weighted by Gasteiger charge is 2.23. The zero-order valence-electron chi connectivity index (χ0n) is 10.7. The Morgan fingerprint density at radius 1 is 1.58 bits per heavy atom. The molecule has 1 atom stereocenters. The molecule has 1 aromatic carbocycles. The molecule has 1 saturated heterocycles. The van der Waals surface area contributed by atoms with Crippen molar-refractivity contribution >= 4 is 17.7 Å². The number of hydrogen-bond donors (Lipinski definition) is 1. The van der Waals surface area contributed by atoms with Gasteiger partial charge in [-0.05, 0) is 19.1 Å². The lowest BCUT2D eigenvalue weighted by Crippen LogP contribution is -2.44. The van der Waals surface area contributed by atoms with Gasteiger partial charge in [-0.3, -0.25) is 0 Å². The third-order valence-corrected chi connectivity index (χ3v) is 3.08. The smallest absolute Gasteiger partial charge is 0.328 e. The summed E-state index contributed by atoms with van der Waals surface area (Å²) in [5.74, 6) is -1.40. The van der Waals surface area contributed by atoms with Crippen LogP contribution in [0.4, 0.5) is 10.1 Å².